The van der Waals surface area contributed by atoms with Crippen molar-refractivity contribution in [3.05, 3.63) is 36.1 Å². The van der Waals surface area contributed by atoms with E-state index in [4.69, 9.17) is 14.7 Å². The maximum Gasteiger partial charge on any atom is 0.222 e. The molecule has 0 spiro atoms. The molecule has 0 aliphatic carbocycles. The van der Waals surface area contributed by atoms with E-state index in [0.29, 0.717) is 11.6 Å². The molecule has 3 aromatic rings. The van der Waals surface area contributed by atoms with E-state index in [0.717, 1.165) is 22.1 Å². The van der Waals surface area contributed by atoms with Crippen LogP contribution in [0, 0.1) is 6.92 Å². The van der Waals surface area contributed by atoms with Gasteiger partial charge in [0.15, 0.2) is 0 Å². The van der Waals surface area contributed by atoms with Gasteiger partial charge in [-0.05, 0) is 18.6 Å². The zero-order chi connectivity index (χ0) is 11.1. The highest BCUT2D eigenvalue weighted by Gasteiger charge is 2.07. The van der Waals surface area contributed by atoms with Crippen LogP contribution >= 0.6 is 0 Å². The van der Waals surface area contributed by atoms with Crippen LogP contribution in [0.15, 0.2) is 39.5 Å². The third-order valence-corrected chi connectivity index (χ3v) is 2.59. The third-order valence-electron chi connectivity index (χ3n) is 2.59. The molecule has 0 fully saturated rings. The summed E-state index contributed by atoms with van der Waals surface area (Å²) >= 11 is 0. The standard InChI is InChI=1S/C12H10N2O2/c1-7-6-15-11-4-8(2-3-9(7)11)10-5-12(13)16-14-10/h2-6H,13H2,1H3. The van der Waals surface area contributed by atoms with Gasteiger partial charge >= 0.3 is 0 Å². The highest BCUT2D eigenvalue weighted by atomic mass is 16.5. The van der Waals surface area contributed by atoms with Crippen LogP contribution in [0.2, 0.25) is 0 Å². The van der Waals surface area contributed by atoms with Crippen LogP contribution in [0.25, 0.3) is 22.2 Å². The van der Waals surface area contributed by atoms with Crippen LogP contribution in [0.5, 0.6) is 0 Å². The predicted molar refractivity (Wildman–Crippen MR) is 60.9 cm³/mol. The number of anilines is 1. The van der Waals surface area contributed by atoms with Gasteiger partial charge in [0.05, 0.1) is 6.26 Å². The van der Waals surface area contributed by atoms with E-state index in [1.165, 1.54) is 0 Å². The number of aromatic nitrogens is 1. The molecule has 0 radical (unpaired) electrons. The largest absolute Gasteiger partial charge is 0.464 e. The Bertz CT molecular complexity index is 652. The van der Waals surface area contributed by atoms with Crippen LogP contribution in [0.3, 0.4) is 0 Å². The quantitative estimate of drug-likeness (QED) is 0.676. The van der Waals surface area contributed by atoms with Crippen LogP contribution in [0.4, 0.5) is 5.88 Å². The fourth-order valence-electron chi connectivity index (χ4n) is 1.75. The average molecular weight is 214 g/mol. The number of furan rings is 1. The summed E-state index contributed by atoms with van der Waals surface area (Å²) in [4.78, 5) is 0. The van der Waals surface area contributed by atoms with E-state index in [-0.39, 0.29) is 0 Å². The van der Waals surface area contributed by atoms with Crippen LogP contribution in [-0.2, 0) is 0 Å². The van der Waals surface area contributed by atoms with E-state index in [9.17, 15) is 0 Å². The van der Waals surface area contributed by atoms with Crippen molar-refractivity contribution in [1.29, 1.82) is 0 Å². The van der Waals surface area contributed by atoms with Crippen LogP contribution in [-0.4, -0.2) is 5.16 Å². The lowest BCUT2D eigenvalue weighted by atomic mass is 10.1. The fraction of sp³-hybridized carbons (Fsp3) is 0.0833. The second-order valence-corrected chi connectivity index (χ2v) is 3.74. The zero-order valence-corrected chi connectivity index (χ0v) is 8.73. The molecule has 2 heterocycles. The Balaban J connectivity index is 2.18. The average Bonchev–Trinajstić information content (AvgIpc) is 2.86. The molecule has 4 heteroatoms. The van der Waals surface area contributed by atoms with E-state index in [2.05, 4.69) is 5.16 Å². The van der Waals surface area contributed by atoms with Crippen LogP contribution in [0.1, 0.15) is 5.56 Å². The summed E-state index contributed by atoms with van der Waals surface area (Å²) in [5.41, 5.74) is 9.10. The van der Waals surface area contributed by atoms with E-state index < -0.39 is 0 Å². The molecule has 0 amide bonds. The van der Waals surface area contributed by atoms with Gasteiger partial charge in [0.1, 0.15) is 11.3 Å². The highest BCUT2D eigenvalue weighted by molar-refractivity contribution is 5.85. The summed E-state index contributed by atoms with van der Waals surface area (Å²) in [7, 11) is 0. The Morgan fingerprint density at radius 1 is 1.25 bits per heavy atom. The Morgan fingerprint density at radius 3 is 2.88 bits per heavy atom. The van der Waals surface area contributed by atoms with Crippen molar-refractivity contribution in [3.63, 3.8) is 0 Å². The summed E-state index contributed by atoms with van der Waals surface area (Å²) < 4.78 is 10.3. The smallest absolute Gasteiger partial charge is 0.222 e. The van der Waals surface area contributed by atoms with Gasteiger partial charge in [0.25, 0.3) is 0 Å². The van der Waals surface area contributed by atoms with Crippen molar-refractivity contribution >= 4 is 16.9 Å². The van der Waals surface area contributed by atoms with Gasteiger partial charge < -0.3 is 14.7 Å². The van der Waals surface area contributed by atoms with Gasteiger partial charge in [-0.1, -0.05) is 17.3 Å². The highest BCUT2D eigenvalue weighted by Crippen LogP contribution is 2.27. The van der Waals surface area contributed by atoms with Gasteiger partial charge in [-0.25, -0.2) is 0 Å². The molecule has 0 unspecified atom stereocenters. The van der Waals surface area contributed by atoms with E-state index in [1.807, 2.05) is 25.1 Å². The molecule has 0 saturated heterocycles. The fourth-order valence-corrected chi connectivity index (χ4v) is 1.75. The number of fused-ring (bicyclic) bond motifs is 1. The lowest BCUT2D eigenvalue weighted by Gasteiger charge is -1.95. The summed E-state index contributed by atoms with van der Waals surface area (Å²) in [6.45, 7) is 2.01. The monoisotopic (exact) mass is 214 g/mol. The first-order valence-corrected chi connectivity index (χ1v) is 4.94. The molecule has 80 valence electrons. The number of hydrogen-bond acceptors (Lipinski definition) is 4. The number of nitrogen functional groups attached to an aromatic ring is 1. The van der Waals surface area contributed by atoms with Gasteiger partial charge in [-0.2, -0.15) is 0 Å². The zero-order valence-electron chi connectivity index (χ0n) is 8.73. The van der Waals surface area contributed by atoms with E-state index in [1.54, 1.807) is 12.3 Å². The molecule has 2 aromatic heterocycles. The third kappa shape index (κ3) is 1.27. The lowest BCUT2D eigenvalue weighted by molar-refractivity contribution is 0.439. The van der Waals surface area contributed by atoms with Crippen molar-refractivity contribution in [2.75, 3.05) is 5.73 Å². The molecule has 2 N–H and O–H groups in total. The number of nitrogens with two attached hydrogens (primary N) is 1. The summed E-state index contributed by atoms with van der Waals surface area (Å²) in [5, 5.41) is 4.97. The van der Waals surface area contributed by atoms with Crippen LogP contribution < -0.4 is 5.73 Å². The summed E-state index contributed by atoms with van der Waals surface area (Å²) in [5.74, 6) is 0.311. The van der Waals surface area contributed by atoms with Crippen molar-refractivity contribution in [2.45, 2.75) is 6.92 Å². The van der Waals surface area contributed by atoms with Crippen molar-refractivity contribution in [3.8, 4) is 11.3 Å². The minimum atomic E-state index is 0.311. The molecule has 4 nitrogen and oxygen atoms in total. The molecule has 1 aromatic carbocycles. The molecular formula is C12H10N2O2. The van der Waals surface area contributed by atoms with Crippen molar-refractivity contribution < 1.29 is 8.94 Å². The summed E-state index contributed by atoms with van der Waals surface area (Å²) in [6, 6.07) is 7.60. The lowest BCUT2D eigenvalue weighted by Crippen LogP contribution is -1.77. The second kappa shape index (κ2) is 3.13. The molecule has 0 aliphatic rings. The summed E-state index contributed by atoms with van der Waals surface area (Å²) in [6.07, 6.45) is 1.74. The van der Waals surface area contributed by atoms with Crippen molar-refractivity contribution in [1.82, 2.24) is 5.16 Å². The number of nitrogens with zero attached hydrogens (tertiary/aromatic N) is 1. The molecule has 0 atom stereocenters. The number of benzene rings is 1. The topological polar surface area (TPSA) is 65.2 Å². The molecule has 0 aliphatic heterocycles. The minimum Gasteiger partial charge on any atom is -0.464 e. The van der Waals surface area contributed by atoms with Gasteiger partial charge in [-0.3, -0.25) is 0 Å². The second-order valence-electron chi connectivity index (χ2n) is 3.74. The van der Waals surface area contributed by atoms with Gasteiger partial charge in [0, 0.05) is 17.0 Å². The minimum absolute atomic E-state index is 0.311. The normalized spacial score (nSPS) is 11.1. The number of aryl methyl sites for hydroxylation is 1. The maximum absolute atomic E-state index is 5.48. The van der Waals surface area contributed by atoms with E-state index >= 15 is 0 Å². The Hall–Kier alpha value is -2.23. The number of rotatable bonds is 1. The Morgan fingerprint density at radius 2 is 2.12 bits per heavy atom. The molecular weight excluding hydrogens is 204 g/mol. The Kier molecular flexibility index (Phi) is 1.77. The number of hydrogen-bond donors (Lipinski definition) is 1. The molecule has 3 rings (SSSR count). The first-order chi connectivity index (χ1) is 7.74. The maximum atomic E-state index is 5.48. The van der Waals surface area contributed by atoms with Crippen molar-refractivity contribution in [2.24, 2.45) is 0 Å². The first kappa shape index (κ1) is 9.03. The Labute approximate surface area is 91.6 Å². The SMILES string of the molecule is Cc1coc2cc(-c3cc(N)on3)ccc12. The first-order valence-electron chi connectivity index (χ1n) is 4.94. The molecule has 0 bridgehead atoms. The van der Waals surface area contributed by atoms with Gasteiger partial charge in [0.2, 0.25) is 5.88 Å². The molecule has 16 heavy (non-hydrogen) atoms. The molecule has 0 saturated carbocycles. The predicted octanol–water partition coefficient (Wildman–Crippen LogP) is 2.98. The van der Waals surface area contributed by atoms with Gasteiger partial charge in [-0.15, -0.1) is 0 Å².